The van der Waals surface area contributed by atoms with E-state index in [1.807, 2.05) is 0 Å². The molecule has 0 aromatic rings. The maximum atomic E-state index is 11.0. The summed E-state index contributed by atoms with van der Waals surface area (Å²) in [4.78, 5) is 21.6. The molecule has 0 N–H and O–H groups in total. The van der Waals surface area contributed by atoms with Crippen LogP contribution in [0, 0.1) is 0 Å². The van der Waals surface area contributed by atoms with Crippen LogP contribution in [0.4, 0.5) is 0 Å². The maximum Gasteiger partial charge on any atom is 0.316 e. The molecule has 0 heterocycles. The van der Waals surface area contributed by atoms with Gasteiger partial charge in [-0.25, -0.2) is 0 Å². The molecule has 0 saturated heterocycles. The minimum absolute atomic E-state index is 0.243. The zero-order chi connectivity index (χ0) is 10.5. The first-order valence-corrected chi connectivity index (χ1v) is 3.83. The predicted octanol–water partition coefficient (Wildman–Crippen LogP) is 1.06. The predicted molar refractivity (Wildman–Crippen MR) is 47.0 cm³/mol. The fraction of sp³-hybridized carbons (Fsp3) is 0.556. The lowest BCUT2D eigenvalue weighted by atomic mass is 10.3. The van der Waals surface area contributed by atoms with E-state index in [4.69, 9.17) is 9.47 Å². The van der Waals surface area contributed by atoms with Crippen molar-refractivity contribution < 1.29 is 19.1 Å². The molecule has 4 nitrogen and oxygen atoms in total. The van der Waals surface area contributed by atoms with Crippen molar-refractivity contribution in [2.24, 2.45) is 0 Å². The molecule has 1 atom stereocenters. The quantitative estimate of drug-likeness (QED) is 0.279. The highest BCUT2D eigenvalue weighted by Crippen LogP contribution is 2.13. The molecule has 0 fully saturated rings. The van der Waals surface area contributed by atoms with Crippen molar-refractivity contribution in [1.29, 1.82) is 0 Å². The second-order valence-electron chi connectivity index (χ2n) is 2.78. The molecule has 0 aliphatic carbocycles. The Labute approximate surface area is 77.5 Å². The lowest BCUT2D eigenvalue weighted by molar-refractivity contribution is -0.193. The number of carbonyl (C=O) groups excluding carboxylic acids is 2. The van der Waals surface area contributed by atoms with Crippen molar-refractivity contribution in [3.63, 3.8) is 0 Å². The molecule has 0 spiro atoms. The fourth-order valence-corrected chi connectivity index (χ4v) is 0.632. The number of hydrogen-bond acceptors (Lipinski definition) is 4. The van der Waals surface area contributed by atoms with E-state index in [1.54, 1.807) is 0 Å². The Hall–Kier alpha value is -1.16. The smallest absolute Gasteiger partial charge is 0.316 e. The monoisotopic (exact) mass is 186 g/mol. The van der Waals surface area contributed by atoms with E-state index in [2.05, 4.69) is 6.58 Å². The third-order valence-corrected chi connectivity index (χ3v) is 1.49. The molecule has 1 unspecified atom stereocenters. The molecule has 74 valence electrons. The number of Topliss-reactive ketones (excluding diaryl/α,β-unsaturated/α-hetero) is 1. The molecular formula is C9H14O4. The lowest BCUT2D eigenvalue weighted by Gasteiger charge is -2.23. The van der Waals surface area contributed by atoms with Crippen molar-refractivity contribution in [3.8, 4) is 0 Å². The summed E-state index contributed by atoms with van der Waals surface area (Å²) in [5, 5.41) is 0. The zero-order valence-corrected chi connectivity index (χ0v) is 8.12. The van der Waals surface area contributed by atoms with Crippen LogP contribution < -0.4 is 0 Å². The lowest BCUT2D eigenvalue weighted by Crippen LogP contribution is -2.31. The van der Waals surface area contributed by atoms with E-state index < -0.39 is 11.8 Å². The van der Waals surface area contributed by atoms with Gasteiger partial charge in [-0.2, -0.15) is 0 Å². The van der Waals surface area contributed by atoms with Gasteiger partial charge < -0.3 is 9.47 Å². The van der Waals surface area contributed by atoms with Crippen molar-refractivity contribution in [2.45, 2.75) is 26.1 Å². The molecule has 0 aliphatic rings. The fourth-order valence-electron chi connectivity index (χ4n) is 0.632. The Bertz CT molecular complexity index is 222. The van der Waals surface area contributed by atoms with Gasteiger partial charge in [-0.1, -0.05) is 6.58 Å². The SMILES string of the molecule is C=CC(C)(OC)OC(=O)CC(C)=O. The Morgan fingerprint density at radius 3 is 2.38 bits per heavy atom. The molecule has 0 aromatic heterocycles. The summed E-state index contributed by atoms with van der Waals surface area (Å²) in [7, 11) is 1.39. The summed E-state index contributed by atoms with van der Waals surface area (Å²) in [6, 6.07) is 0. The molecule has 4 heteroatoms. The number of carbonyl (C=O) groups is 2. The van der Waals surface area contributed by atoms with Gasteiger partial charge in [0.1, 0.15) is 12.2 Å². The minimum atomic E-state index is -1.15. The van der Waals surface area contributed by atoms with Crippen LogP contribution in [0.25, 0.3) is 0 Å². The van der Waals surface area contributed by atoms with Crippen molar-refractivity contribution in [2.75, 3.05) is 7.11 Å². The molecule has 0 saturated carbocycles. The van der Waals surface area contributed by atoms with Gasteiger partial charge in [0.25, 0.3) is 0 Å². The normalized spacial score (nSPS) is 14.4. The van der Waals surface area contributed by atoms with Crippen LogP contribution in [0.1, 0.15) is 20.3 Å². The van der Waals surface area contributed by atoms with Gasteiger partial charge >= 0.3 is 5.97 Å². The van der Waals surface area contributed by atoms with Crippen LogP contribution in [-0.2, 0) is 19.1 Å². The van der Waals surface area contributed by atoms with Gasteiger partial charge in [-0.15, -0.1) is 0 Å². The number of rotatable bonds is 5. The Morgan fingerprint density at radius 1 is 1.54 bits per heavy atom. The number of ether oxygens (including phenoxy) is 2. The standard InChI is InChI=1S/C9H14O4/c1-5-9(3,12-4)13-8(11)6-7(2)10/h5H,1,6H2,2-4H3. The van der Waals surface area contributed by atoms with E-state index in [0.717, 1.165) is 0 Å². The van der Waals surface area contributed by atoms with E-state index in [0.29, 0.717) is 0 Å². The molecule has 0 amide bonds. The van der Waals surface area contributed by atoms with Crippen LogP contribution in [-0.4, -0.2) is 24.6 Å². The van der Waals surface area contributed by atoms with Crippen LogP contribution in [0.5, 0.6) is 0 Å². The molecule has 13 heavy (non-hydrogen) atoms. The third-order valence-electron chi connectivity index (χ3n) is 1.49. The average Bonchev–Trinajstić information content (AvgIpc) is 2.02. The van der Waals surface area contributed by atoms with Gasteiger partial charge in [0.05, 0.1) is 0 Å². The highest BCUT2D eigenvalue weighted by Gasteiger charge is 2.24. The van der Waals surface area contributed by atoms with Crippen LogP contribution in [0.2, 0.25) is 0 Å². The van der Waals surface area contributed by atoms with Gasteiger partial charge in [0.2, 0.25) is 5.79 Å². The highest BCUT2D eigenvalue weighted by molar-refractivity contribution is 5.94. The molecule has 0 aromatic carbocycles. The Balaban J connectivity index is 4.17. The van der Waals surface area contributed by atoms with Gasteiger partial charge in [0.15, 0.2) is 0 Å². The van der Waals surface area contributed by atoms with Gasteiger partial charge in [-0.05, 0) is 13.0 Å². The van der Waals surface area contributed by atoms with E-state index >= 15 is 0 Å². The summed E-state index contributed by atoms with van der Waals surface area (Å²) in [6.45, 7) is 6.31. The second kappa shape index (κ2) is 4.77. The summed E-state index contributed by atoms with van der Waals surface area (Å²) < 4.78 is 9.71. The summed E-state index contributed by atoms with van der Waals surface area (Å²) >= 11 is 0. The largest absolute Gasteiger partial charge is 0.429 e. The number of ketones is 1. The molecule has 0 bridgehead atoms. The number of hydrogen-bond donors (Lipinski definition) is 0. The van der Waals surface area contributed by atoms with Gasteiger partial charge in [-0.3, -0.25) is 9.59 Å². The molecular weight excluding hydrogens is 172 g/mol. The number of esters is 1. The van der Waals surface area contributed by atoms with E-state index in [-0.39, 0.29) is 12.2 Å². The maximum absolute atomic E-state index is 11.0. The molecule has 0 aliphatic heterocycles. The average molecular weight is 186 g/mol. The first kappa shape index (κ1) is 11.8. The van der Waals surface area contributed by atoms with Crippen molar-refractivity contribution >= 4 is 11.8 Å². The van der Waals surface area contributed by atoms with E-state index in [9.17, 15) is 9.59 Å². The van der Waals surface area contributed by atoms with Gasteiger partial charge in [0, 0.05) is 14.0 Å². The summed E-state index contributed by atoms with van der Waals surface area (Å²) in [5.74, 6) is -2.00. The molecule has 0 rings (SSSR count). The van der Waals surface area contributed by atoms with Crippen LogP contribution in [0.15, 0.2) is 12.7 Å². The second-order valence-corrected chi connectivity index (χ2v) is 2.78. The topological polar surface area (TPSA) is 52.6 Å². The summed E-state index contributed by atoms with van der Waals surface area (Å²) in [6.07, 6.45) is 1.11. The third kappa shape index (κ3) is 4.42. The highest BCUT2D eigenvalue weighted by atomic mass is 16.7. The van der Waals surface area contributed by atoms with E-state index in [1.165, 1.54) is 27.0 Å². The first-order chi connectivity index (χ1) is 5.93. The minimum Gasteiger partial charge on any atom is -0.429 e. The zero-order valence-electron chi connectivity index (χ0n) is 8.12. The summed E-state index contributed by atoms with van der Waals surface area (Å²) in [5.41, 5.74) is 0. The van der Waals surface area contributed by atoms with Crippen LogP contribution in [0.3, 0.4) is 0 Å². The Kier molecular flexibility index (Phi) is 4.34. The molecule has 0 radical (unpaired) electrons. The van der Waals surface area contributed by atoms with Crippen molar-refractivity contribution in [1.82, 2.24) is 0 Å². The Morgan fingerprint density at radius 2 is 2.08 bits per heavy atom. The van der Waals surface area contributed by atoms with Crippen molar-refractivity contribution in [3.05, 3.63) is 12.7 Å². The van der Waals surface area contributed by atoms with Crippen LogP contribution >= 0.6 is 0 Å². The first-order valence-electron chi connectivity index (χ1n) is 3.83. The number of methoxy groups -OCH3 is 1.